The Balaban J connectivity index is 2.55. The molecule has 20 heavy (non-hydrogen) atoms. The number of ether oxygens (including phenoxy) is 1. The molecule has 0 saturated carbocycles. The van der Waals surface area contributed by atoms with E-state index in [0.717, 1.165) is 4.57 Å². The normalized spacial score (nSPS) is 11.8. The van der Waals surface area contributed by atoms with Crippen LogP contribution in [0.1, 0.15) is 26.7 Å². The van der Waals surface area contributed by atoms with Gasteiger partial charge in [0.15, 0.2) is 5.15 Å². The molecule has 0 saturated heterocycles. The van der Waals surface area contributed by atoms with Crippen LogP contribution in [-0.2, 0) is 0 Å². The van der Waals surface area contributed by atoms with E-state index < -0.39 is 18.6 Å². The van der Waals surface area contributed by atoms with E-state index in [2.05, 4.69) is 10.3 Å². The molecule has 0 aliphatic rings. The van der Waals surface area contributed by atoms with Gasteiger partial charge in [0.2, 0.25) is 0 Å². The van der Waals surface area contributed by atoms with Gasteiger partial charge in [-0.3, -0.25) is 0 Å². The minimum Gasteiger partial charge on any atom is -0.462 e. The second-order valence-corrected chi connectivity index (χ2v) is 4.72. The van der Waals surface area contributed by atoms with Crippen LogP contribution in [0.25, 0.3) is 0 Å². The average Bonchev–Trinajstić information content (AvgIpc) is 2.63. The molecule has 9 heteroatoms. The molecule has 1 aromatic heterocycles. The second-order valence-electron chi connectivity index (χ2n) is 4.33. The molecular formula is C11H15ClF3N3O2. The highest BCUT2D eigenvalue weighted by Gasteiger charge is 2.26. The average molecular weight is 314 g/mol. The summed E-state index contributed by atoms with van der Waals surface area (Å²) < 4.78 is 42.1. The van der Waals surface area contributed by atoms with Crippen LogP contribution in [0.4, 0.5) is 18.0 Å². The third-order valence-electron chi connectivity index (χ3n) is 2.12. The molecule has 1 heterocycles. The van der Waals surface area contributed by atoms with Crippen molar-refractivity contribution in [2.75, 3.05) is 6.54 Å². The lowest BCUT2D eigenvalue weighted by atomic mass is 10.3. The highest BCUT2D eigenvalue weighted by Crippen LogP contribution is 2.21. The van der Waals surface area contributed by atoms with Gasteiger partial charge in [-0.05, 0) is 20.3 Å². The van der Waals surface area contributed by atoms with Crippen LogP contribution in [0, 0.1) is 0 Å². The standard InChI is InChI=1S/C11H15ClF3N3O2/c1-7(2)20-10-17-8(12)6-18(10)9(19)16-5-3-4-11(13,14)15/h6-7H,3-5H2,1-2H3,(H,16,19). The molecule has 1 amide bonds. The van der Waals surface area contributed by atoms with Crippen molar-refractivity contribution in [2.24, 2.45) is 0 Å². The summed E-state index contributed by atoms with van der Waals surface area (Å²) in [4.78, 5) is 15.6. The van der Waals surface area contributed by atoms with Gasteiger partial charge >= 0.3 is 18.2 Å². The lowest BCUT2D eigenvalue weighted by Crippen LogP contribution is -2.30. The molecule has 0 atom stereocenters. The molecular weight excluding hydrogens is 299 g/mol. The van der Waals surface area contributed by atoms with Gasteiger partial charge in [0.25, 0.3) is 0 Å². The molecule has 0 bridgehead atoms. The highest BCUT2D eigenvalue weighted by atomic mass is 35.5. The molecule has 5 nitrogen and oxygen atoms in total. The van der Waals surface area contributed by atoms with Crippen molar-refractivity contribution < 1.29 is 22.7 Å². The number of nitrogens with one attached hydrogen (secondary N) is 1. The van der Waals surface area contributed by atoms with Crippen LogP contribution in [0.15, 0.2) is 6.20 Å². The quantitative estimate of drug-likeness (QED) is 0.849. The minimum absolute atomic E-state index is 0.00155. The first kappa shape index (κ1) is 16.6. The Morgan fingerprint density at radius 2 is 2.20 bits per heavy atom. The summed E-state index contributed by atoms with van der Waals surface area (Å²) >= 11 is 5.67. The Kier molecular flexibility index (Phi) is 5.67. The van der Waals surface area contributed by atoms with E-state index in [1.54, 1.807) is 13.8 Å². The molecule has 114 valence electrons. The molecule has 0 aliphatic heterocycles. The van der Waals surface area contributed by atoms with Crippen molar-refractivity contribution in [3.63, 3.8) is 0 Å². The zero-order valence-electron chi connectivity index (χ0n) is 11.0. The van der Waals surface area contributed by atoms with Gasteiger partial charge in [0.1, 0.15) is 0 Å². The number of hydrogen-bond donors (Lipinski definition) is 1. The Morgan fingerprint density at radius 3 is 2.75 bits per heavy atom. The number of amides is 1. The van der Waals surface area contributed by atoms with Crippen molar-refractivity contribution in [3.8, 4) is 6.01 Å². The molecule has 1 aromatic rings. The van der Waals surface area contributed by atoms with E-state index in [9.17, 15) is 18.0 Å². The fraction of sp³-hybridized carbons (Fsp3) is 0.636. The SMILES string of the molecule is CC(C)Oc1nc(Cl)cn1C(=O)NCCCC(F)(F)F. The van der Waals surface area contributed by atoms with E-state index in [4.69, 9.17) is 16.3 Å². The van der Waals surface area contributed by atoms with Gasteiger partial charge in [0, 0.05) is 13.0 Å². The first-order valence-electron chi connectivity index (χ1n) is 5.95. The maximum absolute atomic E-state index is 11.9. The number of hydrogen-bond acceptors (Lipinski definition) is 3. The third-order valence-corrected chi connectivity index (χ3v) is 2.30. The van der Waals surface area contributed by atoms with Gasteiger partial charge < -0.3 is 10.1 Å². The highest BCUT2D eigenvalue weighted by molar-refractivity contribution is 6.29. The largest absolute Gasteiger partial charge is 0.462 e. The zero-order chi connectivity index (χ0) is 15.3. The van der Waals surface area contributed by atoms with E-state index in [1.165, 1.54) is 6.20 Å². The maximum atomic E-state index is 11.9. The summed E-state index contributed by atoms with van der Waals surface area (Å²) in [6, 6.07) is -0.638. The number of imidazole rings is 1. The number of alkyl halides is 3. The monoisotopic (exact) mass is 313 g/mol. The van der Waals surface area contributed by atoms with Crippen molar-refractivity contribution in [3.05, 3.63) is 11.3 Å². The first-order valence-corrected chi connectivity index (χ1v) is 6.33. The van der Waals surface area contributed by atoms with E-state index in [-0.39, 0.29) is 30.2 Å². The van der Waals surface area contributed by atoms with Crippen LogP contribution in [0.5, 0.6) is 6.01 Å². The maximum Gasteiger partial charge on any atom is 0.389 e. The summed E-state index contributed by atoms with van der Waals surface area (Å²) in [5.74, 6) is 0. The van der Waals surface area contributed by atoms with Gasteiger partial charge in [0.05, 0.1) is 12.3 Å². The van der Waals surface area contributed by atoms with Gasteiger partial charge in [-0.15, -0.1) is 0 Å². The Bertz CT molecular complexity index is 460. The zero-order valence-corrected chi connectivity index (χ0v) is 11.8. The Morgan fingerprint density at radius 1 is 1.55 bits per heavy atom. The fourth-order valence-corrected chi connectivity index (χ4v) is 1.51. The van der Waals surface area contributed by atoms with Crippen molar-refractivity contribution >= 4 is 17.6 Å². The predicted molar refractivity (Wildman–Crippen MR) is 67.1 cm³/mol. The Labute approximate surface area is 119 Å². The topological polar surface area (TPSA) is 56.2 Å². The predicted octanol–water partition coefficient (Wildman–Crippen LogP) is 3.22. The molecule has 0 radical (unpaired) electrons. The molecule has 0 unspecified atom stereocenters. The van der Waals surface area contributed by atoms with E-state index in [1.807, 2.05) is 0 Å². The Hall–Kier alpha value is -1.44. The van der Waals surface area contributed by atoms with E-state index in [0.29, 0.717) is 0 Å². The summed E-state index contributed by atoms with van der Waals surface area (Å²) in [6.07, 6.45) is -4.36. The summed E-state index contributed by atoms with van der Waals surface area (Å²) in [7, 11) is 0. The number of halogens is 4. The summed E-state index contributed by atoms with van der Waals surface area (Å²) in [5.41, 5.74) is 0. The molecule has 1 N–H and O–H groups in total. The van der Waals surface area contributed by atoms with Gasteiger partial charge in [-0.1, -0.05) is 11.6 Å². The van der Waals surface area contributed by atoms with Crippen molar-refractivity contribution in [1.82, 2.24) is 14.9 Å². The lowest BCUT2D eigenvalue weighted by molar-refractivity contribution is -0.135. The second kappa shape index (κ2) is 6.83. The molecule has 0 fully saturated rings. The first-order chi connectivity index (χ1) is 9.19. The van der Waals surface area contributed by atoms with Crippen LogP contribution >= 0.6 is 11.6 Å². The van der Waals surface area contributed by atoms with Crippen molar-refractivity contribution in [1.29, 1.82) is 0 Å². The smallest absolute Gasteiger partial charge is 0.389 e. The number of aromatic nitrogens is 2. The van der Waals surface area contributed by atoms with Crippen LogP contribution in [-0.4, -0.2) is 34.4 Å². The molecule has 0 spiro atoms. The minimum atomic E-state index is -4.23. The lowest BCUT2D eigenvalue weighted by Gasteiger charge is -2.11. The molecule has 0 aliphatic carbocycles. The molecule has 0 aromatic carbocycles. The van der Waals surface area contributed by atoms with Gasteiger partial charge in [-0.25, -0.2) is 9.36 Å². The number of rotatable bonds is 5. The summed E-state index contributed by atoms with van der Waals surface area (Å²) in [5, 5.41) is 2.41. The van der Waals surface area contributed by atoms with Crippen LogP contribution < -0.4 is 10.1 Å². The number of carbonyl (C=O) groups excluding carboxylic acids is 1. The van der Waals surface area contributed by atoms with E-state index >= 15 is 0 Å². The summed E-state index contributed by atoms with van der Waals surface area (Å²) in [6.45, 7) is 3.39. The van der Waals surface area contributed by atoms with Crippen LogP contribution in [0.2, 0.25) is 5.15 Å². The fourth-order valence-electron chi connectivity index (χ4n) is 1.34. The number of carbonyl (C=O) groups is 1. The molecule has 1 rings (SSSR count). The van der Waals surface area contributed by atoms with Crippen LogP contribution in [0.3, 0.4) is 0 Å². The van der Waals surface area contributed by atoms with Crippen molar-refractivity contribution in [2.45, 2.75) is 39.0 Å². The number of nitrogens with zero attached hydrogens (tertiary/aromatic N) is 2. The van der Waals surface area contributed by atoms with Gasteiger partial charge in [-0.2, -0.15) is 18.2 Å². The third kappa shape index (κ3) is 5.68.